The van der Waals surface area contributed by atoms with Gasteiger partial charge in [0.2, 0.25) is 11.6 Å². The van der Waals surface area contributed by atoms with Crippen LogP contribution in [0.3, 0.4) is 0 Å². The van der Waals surface area contributed by atoms with E-state index in [-0.39, 0.29) is 75.3 Å². The summed E-state index contributed by atoms with van der Waals surface area (Å²) in [5.74, 6) is -4.48. The third-order valence-electron chi connectivity index (χ3n) is 19.4. The highest BCUT2D eigenvalue weighted by Gasteiger charge is 2.90. The molecule has 5 aliphatic heterocycles. The van der Waals surface area contributed by atoms with Crippen LogP contribution in [0.25, 0.3) is 0 Å². The number of ether oxygens (including phenoxy) is 4. The van der Waals surface area contributed by atoms with Crippen LogP contribution in [-0.4, -0.2) is 87.0 Å². The Morgan fingerprint density at radius 3 is 1.73 bits per heavy atom. The molecule has 8 aliphatic carbocycles. The van der Waals surface area contributed by atoms with E-state index in [0.29, 0.717) is 36.7 Å². The van der Waals surface area contributed by atoms with E-state index in [9.17, 15) is 30.0 Å². The Kier molecular flexibility index (Phi) is 7.29. The molecular formula is C45H64O10. The van der Waals surface area contributed by atoms with E-state index < -0.39 is 51.9 Å². The lowest BCUT2D eigenvalue weighted by Gasteiger charge is -2.78. The van der Waals surface area contributed by atoms with Crippen LogP contribution < -0.4 is 0 Å². The van der Waals surface area contributed by atoms with Gasteiger partial charge in [0.25, 0.3) is 0 Å². The van der Waals surface area contributed by atoms with E-state index in [4.69, 9.17) is 18.9 Å². The predicted octanol–water partition coefficient (Wildman–Crippen LogP) is 5.10. The number of aliphatic hydroxyl groups is 4. The molecule has 13 aliphatic rings. The van der Waals surface area contributed by atoms with Crippen LogP contribution in [0, 0.1) is 79.8 Å². The molecule has 5 saturated heterocycles. The van der Waals surface area contributed by atoms with Gasteiger partial charge in [-0.3, -0.25) is 9.59 Å². The summed E-state index contributed by atoms with van der Waals surface area (Å²) in [6, 6.07) is 0. The van der Waals surface area contributed by atoms with Crippen molar-refractivity contribution in [2.75, 3.05) is 13.2 Å². The molecule has 304 valence electrons. The Labute approximate surface area is 325 Å². The number of fused-ring (bicyclic) bond motifs is 3. The number of carbonyl (C=O) groups is 2. The second kappa shape index (κ2) is 10.6. The molecule has 0 amide bonds. The summed E-state index contributed by atoms with van der Waals surface area (Å²) in [4.78, 5) is 27.4. The van der Waals surface area contributed by atoms with Gasteiger partial charge in [-0.2, -0.15) is 0 Å². The van der Waals surface area contributed by atoms with E-state index in [1.54, 1.807) is 0 Å². The van der Waals surface area contributed by atoms with Crippen molar-refractivity contribution in [3.63, 3.8) is 0 Å². The molecule has 10 heteroatoms. The molecular weight excluding hydrogens is 700 g/mol. The number of aliphatic hydroxyl groups excluding tert-OH is 3. The summed E-state index contributed by atoms with van der Waals surface area (Å²) in [7, 11) is 0. The minimum atomic E-state index is -2.03. The minimum Gasteiger partial charge on any atom is -0.391 e. The van der Waals surface area contributed by atoms with Gasteiger partial charge in [-0.25, -0.2) is 0 Å². The fourth-order valence-corrected chi connectivity index (χ4v) is 17.5. The first-order valence-corrected chi connectivity index (χ1v) is 21.4. The molecule has 5 heterocycles. The second-order valence-corrected chi connectivity index (χ2v) is 22.3. The molecule has 0 unspecified atom stereocenters. The number of rotatable bonds is 0. The van der Waals surface area contributed by atoms with Crippen LogP contribution in [-0.2, 0) is 28.5 Å². The van der Waals surface area contributed by atoms with Gasteiger partial charge in [0.15, 0.2) is 17.4 Å². The fraction of sp³-hybridized carbons (Fsp3) is 0.867. The zero-order valence-electron chi connectivity index (χ0n) is 34.2. The first kappa shape index (κ1) is 37.7. The molecule has 55 heavy (non-hydrogen) atoms. The highest BCUT2D eigenvalue weighted by molar-refractivity contribution is 6.06. The molecule has 4 N–H and O–H groups in total. The first-order chi connectivity index (χ1) is 25.5. The van der Waals surface area contributed by atoms with Gasteiger partial charge in [-0.1, -0.05) is 54.7 Å². The number of Topliss-reactive ketones (excluding diaryl/α,β-unsaturated/α-hetero) is 2. The van der Waals surface area contributed by atoms with Crippen molar-refractivity contribution in [2.45, 2.75) is 149 Å². The van der Waals surface area contributed by atoms with Crippen molar-refractivity contribution in [3.05, 3.63) is 24.3 Å². The van der Waals surface area contributed by atoms with Crippen molar-refractivity contribution in [3.8, 4) is 0 Å². The third kappa shape index (κ3) is 3.65. The summed E-state index contributed by atoms with van der Waals surface area (Å²) in [6.45, 7) is 26.2. The maximum Gasteiger partial charge on any atom is 0.213 e. The van der Waals surface area contributed by atoms with Crippen LogP contribution in [0.15, 0.2) is 24.3 Å². The van der Waals surface area contributed by atoms with E-state index >= 15 is 0 Å². The molecule has 0 aromatic heterocycles. The van der Waals surface area contributed by atoms with E-state index in [1.165, 1.54) is 0 Å². The molecule has 0 aromatic rings. The minimum absolute atomic E-state index is 0.00398. The summed E-state index contributed by atoms with van der Waals surface area (Å²) < 4.78 is 25.6. The van der Waals surface area contributed by atoms with Crippen molar-refractivity contribution in [1.82, 2.24) is 0 Å². The van der Waals surface area contributed by atoms with Crippen LogP contribution in [0.1, 0.15) is 107 Å². The number of ketones is 2. The normalized spacial score (nSPS) is 59.3. The van der Waals surface area contributed by atoms with Gasteiger partial charge < -0.3 is 39.4 Å². The molecule has 18 atom stereocenters. The SMILES string of the molecule is C=C1C(=O)[C@@]23[C@@H]4OC(C)(C)O[C@@]25OC[C@@]2([C@H]([C@@H]5O)C(C)(C)CC[C@@H]2C)[C@@H]3CC[C@@H]14.C=C1C(=O)[C@]23[C@H](O)[C@H]1CC[C@H]2[C@@]12CO[C@@]3(O)[C@@H](O)[C@@H]1C(C)(C)CC[C@@H]2C. The van der Waals surface area contributed by atoms with Gasteiger partial charge in [-0.05, 0) is 111 Å². The summed E-state index contributed by atoms with van der Waals surface area (Å²) in [6.07, 6.45) is 4.09. The molecule has 10 nitrogen and oxygen atoms in total. The van der Waals surface area contributed by atoms with Gasteiger partial charge in [0.1, 0.15) is 23.0 Å². The lowest BCUT2D eigenvalue weighted by molar-refractivity contribution is -0.533. The van der Waals surface area contributed by atoms with Crippen molar-refractivity contribution in [2.24, 2.45) is 79.8 Å². The molecule has 13 fully saturated rings. The van der Waals surface area contributed by atoms with Gasteiger partial charge >= 0.3 is 0 Å². The summed E-state index contributed by atoms with van der Waals surface area (Å²) in [5.41, 5.74) is -2.24. The largest absolute Gasteiger partial charge is 0.391 e. The number of hydrogen-bond acceptors (Lipinski definition) is 10. The molecule has 0 radical (unpaired) electrons. The summed E-state index contributed by atoms with van der Waals surface area (Å²) in [5, 5.41) is 46.3. The van der Waals surface area contributed by atoms with E-state index in [1.807, 2.05) is 13.8 Å². The molecule has 5 spiro atoms. The first-order valence-electron chi connectivity index (χ1n) is 21.4. The molecule has 8 saturated carbocycles. The Hall–Kier alpha value is -1.50. The topological polar surface area (TPSA) is 152 Å². The third-order valence-corrected chi connectivity index (χ3v) is 19.4. The zero-order chi connectivity index (χ0) is 39.6. The van der Waals surface area contributed by atoms with Gasteiger partial charge in [-0.15, -0.1) is 0 Å². The fourth-order valence-electron chi connectivity index (χ4n) is 17.5. The Morgan fingerprint density at radius 1 is 0.636 bits per heavy atom. The lowest BCUT2D eigenvalue weighted by Crippen LogP contribution is -2.88. The standard InChI is InChI=1S/C24H34O5.C21H30O5/c1-12-9-10-20(3,4)16-18(26)24-23-15(22(12,16)11-27-24)8-7-14(13(2)17(23)25)19(23)28-21(5,6)29-24;1-10-7-8-18(3,4)14-17(24)21(25)20-13(19(10,14)9-26-21)6-5-12(16(20)23)11(2)15(20)22/h12,14-16,18-19,26H,2,7-11H2,1,3-6H3;10,12-14,16-17,23-25H,2,5-9H2,1,3-4H3/t12-,14-,15-,16+,18-,19+,22-,23-,24+;10-,12-,13-,14+,16+,17-,19-,20-,21-/m00/s1. The highest BCUT2D eigenvalue weighted by Crippen LogP contribution is 2.81. The second-order valence-electron chi connectivity index (χ2n) is 22.3. The predicted molar refractivity (Wildman–Crippen MR) is 199 cm³/mol. The zero-order valence-corrected chi connectivity index (χ0v) is 34.2. The highest BCUT2D eigenvalue weighted by atomic mass is 16.8. The molecule has 0 aromatic carbocycles. The van der Waals surface area contributed by atoms with Crippen molar-refractivity contribution < 1.29 is 49.0 Å². The number of carbonyl (C=O) groups excluding carboxylic acids is 2. The monoisotopic (exact) mass is 764 g/mol. The van der Waals surface area contributed by atoms with Gasteiger partial charge in [0.05, 0.1) is 25.4 Å². The van der Waals surface area contributed by atoms with Crippen LogP contribution in [0.5, 0.6) is 0 Å². The van der Waals surface area contributed by atoms with E-state index in [0.717, 1.165) is 44.9 Å². The summed E-state index contributed by atoms with van der Waals surface area (Å²) >= 11 is 0. The Morgan fingerprint density at radius 2 is 1.13 bits per heavy atom. The molecule has 8 bridgehead atoms. The van der Waals surface area contributed by atoms with Crippen molar-refractivity contribution in [1.29, 1.82) is 0 Å². The quantitative estimate of drug-likeness (QED) is 0.246. The van der Waals surface area contributed by atoms with E-state index in [2.05, 4.69) is 54.7 Å². The van der Waals surface area contributed by atoms with Crippen LogP contribution in [0.4, 0.5) is 0 Å². The maximum absolute atomic E-state index is 14.0. The number of hydrogen-bond donors (Lipinski definition) is 4. The Balaban J connectivity index is 0.000000136. The van der Waals surface area contributed by atoms with Crippen LogP contribution >= 0.6 is 0 Å². The average molecular weight is 765 g/mol. The van der Waals surface area contributed by atoms with Crippen LogP contribution in [0.2, 0.25) is 0 Å². The smallest absolute Gasteiger partial charge is 0.213 e. The maximum atomic E-state index is 14.0. The lowest BCUT2D eigenvalue weighted by atomic mass is 9.34. The van der Waals surface area contributed by atoms with Crippen molar-refractivity contribution >= 4 is 11.6 Å². The Bertz CT molecular complexity index is 1800. The average Bonchev–Trinajstić information content (AvgIpc) is 3.28. The molecule has 13 rings (SSSR count). The van der Waals surface area contributed by atoms with Gasteiger partial charge in [0, 0.05) is 34.5 Å².